The molecule has 0 unspecified atom stereocenters. The first kappa shape index (κ1) is 21.0. The second-order valence-electron chi connectivity index (χ2n) is 8.27. The first-order chi connectivity index (χ1) is 16.2. The monoisotopic (exact) mass is 439 g/mol. The Bertz CT molecular complexity index is 1310. The van der Waals surface area contributed by atoms with Crippen molar-refractivity contribution in [2.24, 2.45) is 0 Å². The lowest BCUT2D eigenvalue weighted by atomic mass is 10.1. The summed E-state index contributed by atoms with van der Waals surface area (Å²) in [6.45, 7) is 3.99. The van der Waals surface area contributed by atoms with Crippen molar-refractivity contribution >= 4 is 16.7 Å². The molecule has 7 nitrogen and oxygen atoms in total. The molecule has 5 rings (SSSR count). The molecule has 4 aromatic rings. The zero-order valence-corrected chi connectivity index (χ0v) is 18.3. The van der Waals surface area contributed by atoms with E-state index >= 15 is 0 Å². The average molecular weight is 440 g/mol. The molecule has 0 spiro atoms. The number of benzene rings is 2. The third-order valence-corrected chi connectivity index (χ3v) is 6.06. The van der Waals surface area contributed by atoms with E-state index < -0.39 is 0 Å². The molecule has 1 amide bonds. The van der Waals surface area contributed by atoms with E-state index in [1.54, 1.807) is 18.5 Å². The molecule has 0 aliphatic carbocycles. The molecule has 0 bridgehead atoms. The predicted octanol–water partition coefficient (Wildman–Crippen LogP) is 2.80. The number of carbonyl (C=O) groups excluding carboxylic acids is 1. The second-order valence-corrected chi connectivity index (χ2v) is 8.27. The Labute approximate surface area is 191 Å². The molecular weight excluding hydrogens is 414 g/mol. The van der Waals surface area contributed by atoms with Crippen molar-refractivity contribution in [3.05, 3.63) is 106 Å². The van der Waals surface area contributed by atoms with E-state index in [0.717, 1.165) is 25.2 Å². The van der Waals surface area contributed by atoms with Crippen LogP contribution in [0.3, 0.4) is 0 Å². The van der Waals surface area contributed by atoms with E-state index in [4.69, 9.17) is 0 Å². The number of hydrogen-bond donors (Lipinski definition) is 0. The molecule has 166 valence electrons. The third-order valence-electron chi connectivity index (χ3n) is 6.06. The van der Waals surface area contributed by atoms with Gasteiger partial charge in [-0.2, -0.15) is 5.10 Å². The molecule has 7 heteroatoms. The molecule has 1 saturated heterocycles. The fourth-order valence-electron chi connectivity index (χ4n) is 4.26. The molecule has 2 aromatic heterocycles. The molecule has 0 saturated carbocycles. The number of hydrogen-bond acceptors (Lipinski definition) is 5. The molecule has 1 aliphatic rings. The van der Waals surface area contributed by atoms with E-state index in [2.05, 4.69) is 15.0 Å². The van der Waals surface area contributed by atoms with Crippen LogP contribution in [-0.2, 0) is 13.1 Å². The summed E-state index contributed by atoms with van der Waals surface area (Å²) in [5, 5.41) is 5.67. The van der Waals surface area contributed by atoms with Gasteiger partial charge in [0.1, 0.15) is 0 Å². The quantitative estimate of drug-likeness (QED) is 0.478. The predicted molar refractivity (Wildman–Crippen MR) is 127 cm³/mol. The summed E-state index contributed by atoms with van der Waals surface area (Å²) in [5.41, 5.74) is 2.33. The molecule has 3 heterocycles. The summed E-state index contributed by atoms with van der Waals surface area (Å²) in [6.07, 6.45) is 3.60. The van der Waals surface area contributed by atoms with Crippen molar-refractivity contribution in [3.8, 4) is 0 Å². The van der Waals surface area contributed by atoms with Crippen LogP contribution in [0.4, 0.5) is 0 Å². The van der Waals surface area contributed by atoms with E-state index in [0.29, 0.717) is 36.1 Å². The highest BCUT2D eigenvalue weighted by Crippen LogP contribution is 2.17. The topological polar surface area (TPSA) is 71.3 Å². The minimum absolute atomic E-state index is 0.128. The zero-order valence-electron chi connectivity index (χ0n) is 18.3. The van der Waals surface area contributed by atoms with Crippen LogP contribution in [0.15, 0.2) is 83.9 Å². The van der Waals surface area contributed by atoms with Crippen LogP contribution in [0.25, 0.3) is 10.8 Å². The van der Waals surface area contributed by atoms with Crippen LogP contribution in [0, 0.1) is 0 Å². The van der Waals surface area contributed by atoms with Gasteiger partial charge in [0.25, 0.3) is 11.5 Å². The zero-order chi connectivity index (χ0) is 22.6. The maximum atomic E-state index is 13.5. The lowest BCUT2D eigenvalue weighted by Gasteiger charge is -2.34. The lowest BCUT2D eigenvalue weighted by Crippen LogP contribution is -2.48. The number of fused-ring (bicyclic) bond motifs is 1. The van der Waals surface area contributed by atoms with E-state index in [1.165, 1.54) is 10.2 Å². The van der Waals surface area contributed by atoms with Crippen molar-refractivity contribution < 1.29 is 4.79 Å². The number of piperazine rings is 1. The van der Waals surface area contributed by atoms with Gasteiger partial charge in [-0.1, -0.05) is 48.5 Å². The van der Waals surface area contributed by atoms with Gasteiger partial charge in [-0.15, -0.1) is 0 Å². The summed E-state index contributed by atoms with van der Waals surface area (Å²) in [7, 11) is 0. The minimum atomic E-state index is -0.187. The molecule has 1 fully saturated rings. The Balaban J connectivity index is 1.39. The van der Waals surface area contributed by atoms with E-state index in [9.17, 15) is 9.59 Å². The van der Waals surface area contributed by atoms with Crippen molar-refractivity contribution in [1.29, 1.82) is 0 Å². The molecule has 1 aliphatic heterocycles. The van der Waals surface area contributed by atoms with Crippen molar-refractivity contribution in [3.63, 3.8) is 0 Å². The van der Waals surface area contributed by atoms with Crippen LogP contribution in [0.5, 0.6) is 0 Å². The highest BCUT2D eigenvalue weighted by molar-refractivity contribution is 6.04. The van der Waals surface area contributed by atoms with Crippen molar-refractivity contribution in [2.45, 2.75) is 13.1 Å². The van der Waals surface area contributed by atoms with Crippen LogP contribution in [0.2, 0.25) is 0 Å². The lowest BCUT2D eigenvalue weighted by molar-refractivity contribution is 0.0622. The largest absolute Gasteiger partial charge is 0.335 e. The number of carbonyl (C=O) groups is 1. The summed E-state index contributed by atoms with van der Waals surface area (Å²) in [6, 6.07) is 21.0. The summed E-state index contributed by atoms with van der Waals surface area (Å²) < 4.78 is 1.41. The number of amides is 1. The van der Waals surface area contributed by atoms with Gasteiger partial charge in [0.05, 0.1) is 11.9 Å². The van der Waals surface area contributed by atoms with Gasteiger partial charge < -0.3 is 4.90 Å². The SMILES string of the molecule is O=C(c1nn(Cc2ccccc2)c(=O)c2ccccc12)N1CCN(Cc2ccncc2)CC1. The van der Waals surface area contributed by atoms with Crippen molar-refractivity contribution in [1.82, 2.24) is 24.6 Å². The van der Waals surface area contributed by atoms with Gasteiger partial charge >= 0.3 is 0 Å². The fraction of sp³-hybridized carbons (Fsp3) is 0.231. The Morgan fingerprint density at radius 2 is 1.39 bits per heavy atom. The smallest absolute Gasteiger partial charge is 0.275 e. The van der Waals surface area contributed by atoms with Gasteiger partial charge in [-0.05, 0) is 29.3 Å². The highest BCUT2D eigenvalue weighted by atomic mass is 16.2. The standard InChI is InChI=1S/C26H25N5O2/c32-25-23-9-5-4-8-22(23)24(28-31(25)19-20-6-2-1-3-7-20)26(33)30-16-14-29(15-17-30)18-21-10-12-27-13-11-21/h1-13H,14-19H2. The van der Waals surface area contributed by atoms with Crippen molar-refractivity contribution in [2.75, 3.05) is 26.2 Å². The van der Waals surface area contributed by atoms with Crippen LogP contribution in [-0.4, -0.2) is 56.7 Å². The second kappa shape index (κ2) is 9.34. The van der Waals surface area contributed by atoms with Gasteiger partial charge in [-0.3, -0.25) is 19.5 Å². The molecular formula is C26H25N5O2. The van der Waals surface area contributed by atoms with Crippen LogP contribution in [0.1, 0.15) is 21.6 Å². The number of rotatable bonds is 5. The average Bonchev–Trinajstić information content (AvgIpc) is 2.87. The molecule has 0 N–H and O–H groups in total. The van der Waals surface area contributed by atoms with Gasteiger partial charge in [0.15, 0.2) is 5.69 Å². The summed E-state index contributed by atoms with van der Waals surface area (Å²) >= 11 is 0. The van der Waals surface area contributed by atoms with Gasteiger partial charge in [-0.25, -0.2) is 4.68 Å². The normalized spacial score (nSPS) is 14.5. The first-order valence-electron chi connectivity index (χ1n) is 11.1. The molecule has 0 radical (unpaired) electrons. The van der Waals surface area contributed by atoms with Gasteiger partial charge in [0.2, 0.25) is 0 Å². The Kier molecular flexibility index (Phi) is 5.95. The summed E-state index contributed by atoms with van der Waals surface area (Å²) in [4.78, 5) is 34.8. The summed E-state index contributed by atoms with van der Waals surface area (Å²) in [5.74, 6) is -0.128. The molecule has 0 atom stereocenters. The Morgan fingerprint density at radius 1 is 0.758 bits per heavy atom. The Morgan fingerprint density at radius 3 is 2.12 bits per heavy atom. The highest BCUT2D eigenvalue weighted by Gasteiger charge is 2.26. The first-order valence-corrected chi connectivity index (χ1v) is 11.1. The van der Waals surface area contributed by atoms with Gasteiger partial charge in [0, 0.05) is 50.5 Å². The maximum absolute atomic E-state index is 13.5. The van der Waals surface area contributed by atoms with Crippen LogP contribution < -0.4 is 5.56 Å². The number of aromatic nitrogens is 3. The number of pyridine rings is 1. The Hall–Kier alpha value is -3.84. The van der Waals surface area contributed by atoms with E-state index in [-0.39, 0.29) is 11.5 Å². The third kappa shape index (κ3) is 4.54. The minimum Gasteiger partial charge on any atom is -0.335 e. The number of nitrogens with zero attached hydrogens (tertiary/aromatic N) is 5. The molecule has 2 aromatic carbocycles. The van der Waals surface area contributed by atoms with Crippen LogP contribution >= 0.6 is 0 Å². The van der Waals surface area contributed by atoms with E-state index in [1.807, 2.05) is 65.6 Å². The molecule has 33 heavy (non-hydrogen) atoms. The fourth-order valence-corrected chi connectivity index (χ4v) is 4.26. The maximum Gasteiger partial charge on any atom is 0.275 e.